The number of alkyl halides is 3. The van der Waals surface area contributed by atoms with Gasteiger partial charge in [-0.3, -0.25) is 9.20 Å². The minimum atomic E-state index is -4.81. The summed E-state index contributed by atoms with van der Waals surface area (Å²) in [6.07, 6.45) is -3.29. The lowest BCUT2D eigenvalue weighted by atomic mass is 10.2. The molecule has 2 N–H and O–H groups in total. The van der Waals surface area contributed by atoms with Gasteiger partial charge in [-0.1, -0.05) is 19.6 Å². The minimum absolute atomic E-state index is 0. The second-order valence-corrected chi connectivity index (χ2v) is 5.49. The van der Waals surface area contributed by atoms with Gasteiger partial charge in [-0.15, -0.1) is 13.2 Å². The molecule has 144 valence electrons. The van der Waals surface area contributed by atoms with Crippen molar-refractivity contribution in [3.63, 3.8) is 0 Å². The van der Waals surface area contributed by atoms with Crippen molar-refractivity contribution in [2.24, 2.45) is 0 Å². The standard InChI is InChI=1S/C17H14F3N3O3.CH4/c1-10-4-3-7-23-15(10)22-14(13(9-24)16(23)25)21-11-5-2-6-12(8-11)26-17(18,19)20;/h2-8,21,24H,9H2,1H3;1H4. The van der Waals surface area contributed by atoms with E-state index in [1.165, 1.54) is 22.7 Å². The lowest BCUT2D eigenvalue weighted by molar-refractivity contribution is -0.274. The molecule has 27 heavy (non-hydrogen) atoms. The number of nitrogens with one attached hydrogen (secondary N) is 1. The fourth-order valence-electron chi connectivity index (χ4n) is 2.49. The number of hydrogen-bond donors (Lipinski definition) is 2. The quantitative estimate of drug-likeness (QED) is 0.720. The average Bonchev–Trinajstić information content (AvgIpc) is 2.55. The van der Waals surface area contributed by atoms with Crippen LogP contribution in [0.4, 0.5) is 24.7 Å². The fourth-order valence-corrected chi connectivity index (χ4v) is 2.49. The molecule has 0 aliphatic carbocycles. The maximum absolute atomic E-state index is 12.5. The second-order valence-electron chi connectivity index (χ2n) is 5.49. The molecular weight excluding hydrogens is 363 g/mol. The van der Waals surface area contributed by atoms with Crippen LogP contribution in [-0.4, -0.2) is 20.9 Å². The molecule has 1 aromatic carbocycles. The Balaban J connectivity index is 0.00000261. The first-order valence-corrected chi connectivity index (χ1v) is 7.53. The Bertz CT molecular complexity index is 1020. The van der Waals surface area contributed by atoms with Crippen LogP contribution in [0.1, 0.15) is 18.6 Å². The van der Waals surface area contributed by atoms with E-state index in [9.17, 15) is 23.1 Å². The number of aliphatic hydroxyl groups excluding tert-OH is 1. The van der Waals surface area contributed by atoms with Gasteiger partial charge in [0, 0.05) is 18.0 Å². The number of aliphatic hydroxyl groups is 1. The highest BCUT2D eigenvalue weighted by molar-refractivity contribution is 5.64. The molecule has 9 heteroatoms. The van der Waals surface area contributed by atoms with Gasteiger partial charge in [-0.05, 0) is 30.7 Å². The molecule has 0 saturated carbocycles. The highest BCUT2D eigenvalue weighted by Crippen LogP contribution is 2.27. The number of aromatic nitrogens is 2. The number of anilines is 2. The molecule has 0 unspecified atom stereocenters. The van der Waals surface area contributed by atoms with Gasteiger partial charge in [0.1, 0.15) is 17.2 Å². The summed E-state index contributed by atoms with van der Waals surface area (Å²) in [7, 11) is 0. The Hall–Kier alpha value is -3.07. The first-order valence-electron chi connectivity index (χ1n) is 7.53. The third-order valence-corrected chi connectivity index (χ3v) is 3.63. The van der Waals surface area contributed by atoms with Crippen molar-refractivity contribution in [2.45, 2.75) is 27.3 Å². The van der Waals surface area contributed by atoms with E-state index in [1.807, 2.05) is 0 Å². The number of rotatable bonds is 4. The van der Waals surface area contributed by atoms with Crippen LogP contribution in [-0.2, 0) is 6.61 Å². The molecule has 0 fully saturated rings. The minimum Gasteiger partial charge on any atom is -0.406 e. The van der Waals surface area contributed by atoms with Crippen LogP contribution in [0.25, 0.3) is 5.65 Å². The molecule has 0 amide bonds. The van der Waals surface area contributed by atoms with Gasteiger partial charge in [0.05, 0.1) is 12.2 Å². The van der Waals surface area contributed by atoms with Crippen molar-refractivity contribution in [1.29, 1.82) is 0 Å². The number of benzene rings is 1. The number of halogens is 3. The van der Waals surface area contributed by atoms with E-state index in [4.69, 9.17) is 0 Å². The Morgan fingerprint density at radius 2 is 2.00 bits per heavy atom. The lowest BCUT2D eigenvalue weighted by Gasteiger charge is -2.14. The summed E-state index contributed by atoms with van der Waals surface area (Å²) in [4.78, 5) is 16.9. The van der Waals surface area contributed by atoms with Crippen LogP contribution < -0.4 is 15.6 Å². The number of hydrogen-bond acceptors (Lipinski definition) is 5. The number of aryl methyl sites for hydroxylation is 1. The van der Waals surface area contributed by atoms with Gasteiger partial charge in [-0.25, -0.2) is 4.98 Å². The molecule has 2 heterocycles. The lowest BCUT2D eigenvalue weighted by Crippen LogP contribution is -2.22. The van der Waals surface area contributed by atoms with Gasteiger partial charge in [-0.2, -0.15) is 0 Å². The first-order chi connectivity index (χ1) is 12.3. The zero-order valence-electron chi connectivity index (χ0n) is 13.5. The Labute approximate surface area is 152 Å². The van der Waals surface area contributed by atoms with Crippen LogP contribution in [0.3, 0.4) is 0 Å². The van der Waals surface area contributed by atoms with Crippen LogP contribution in [0, 0.1) is 6.92 Å². The van der Waals surface area contributed by atoms with E-state index in [0.29, 0.717) is 5.65 Å². The number of nitrogens with zero attached hydrogens (tertiary/aromatic N) is 2. The first kappa shape index (κ1) is 20.2. The van der Waals surface area contributed by atoms with E-state index in [1.54, 1.807) is 19.1 Å². The second kappa shape index (κ2) is 7.67. The molecular formula is C18H18F3N3O3. The molecule has 6 nitrogen and oxygen atoms in total. The van der Waals surface area contributed by atoms with Crippen molar-refractivity contribution in [3.8, 4) is 5.75 Å². The number of ether oxygens (including phenoxy) is 1. The maximum atomic E-state index is 12.5. The monoisotopic (exact) mass is 381 g/mol. The third kappa shape index (κ3) is 4.37. The van der Waals surface area contributed by atoms with Crippen molar-refractivity contribution in [1.82, 2.24) is 9.38 Å². The summed E-state index contributed by atoms with van der Waals surface area (Å²) >= 11 is 0. The largest absolute Gasteiger partial charge is 0.573 e. The molecule has 0 saturated heterocycles. The van der Waals surface area contributed by atoms with E-state index in [0.717, 1.165) is 17.7 Å². The zero-order chi connectivity index (χ0) is 18.9. The molecule has 0 spiro atoms. The van der Waals surface area contributed by atoms with Crippen molar-refractivity contribution in [3.05, 3.63) is 64.1 Å². The predicted molar refractivity (Wildman–Crippen MR) is 95.3 cm³/mol. The van der Waals surface area contributed by atoms with Gasteiger partial charge >= 0.3 is 6.36 Å². The van der Waals surface area contributed by atoms with Crippen LogP contribution in [0.2, 0.25) is 0 Å². The van der Waals surface area contributed by atoms with Crippen LogP contribution >= 0.6 is 0 Å². The van der Waals surface area contributed by atoms with Crippen molar-refractivity contribution < 1.29 is 23.0 Å². The molecule has 0 bridgehead atoms. The highest BCUT2D eigenvalue weighted by Gasteiger charge is 2.31. The zero-order valence-corrected chi connectivity index (χ0v) is 13.5. The Kier molecular flexibility index (Phi) is 5.75. The normalized spacial score (nSPS) is 11.1. The summed E-state index contributed by atoms with van der Waals surface area (Å²) in [5.74, 6) is -0.349. The average molecular weight is 381 g/mol. The molecule has 3 aromatic rings. The van der Waals surface area contributed by atoms with Crippen molar-refractivity contribution in [2.75, 3.05) is 5.32 Å². The van der Waals surface area contributed by atoms with Gasteiger partial charge in [0.25, 0.3) is 5.56 Å². The molecule has 0 atom stereocenters. The molecule has 3 rings (SSSR count). The number of pyridine rings is 1. The smallest absolute Gasteiger partial charge is 0.406 e. The van der Waals surface area contributed by atoms with Crippen LogP contribution in [0.5, 0.6) is 5.75 Å². The molecule has 0 aliphatic heterocycles. The Morgan fingerprint density at radius 3 is 2.67 bits per heavy atom. The molecule has 0 radical (unpaired) electrons. The van der Waals surface area contributed by atoms with E-state index < -0.39 is 24.3 Å². The summed E-state index contributed by atoms with van der Waals surface area (Å²) in [6, 6.07) is 8.57. The topological polar surface area (TPSA) is 75.9 Å². The third-order valence-electron chi connectivity index (χ3n) is 3.63. The predicted octanol–water partition coefficient (Wildman–Crippen LogP) is 3.77. The number of fused-ring (bicyclic) bond motifs is 1. The Morgan fingerprint density at radius 1 is 1.26 bits per heavy atom. The molecule has 2 aromatic heterocycles. The van der Waals surface area contributed by atoms with Gasteiger partial charge in [0.15, 0.2) is 0 Å². The van der Waals surface area contributed by atoms with E-state index >= 15 is 0 Å². The van der Waals surface area contributed by atoms with Gasteiger partial charge in [0.2, 0.25) is 0 Å². The van der Waals surface area contributed by atoms with E-state index in [-0.39, 0.29) is 24.5 Å². The van der Waals surface area contributed by atoms with Crippen LogP contribution in [0.15, 0.2) is 47.4 Å². The summed E-state index contributed by atoms with van der Waals surface area (Å²) in [5, 5.41) is 12.3. The molecule has 0 aliphatic rings. The fraction of sp³-hybridized carbons (Fsp3) is 0.222. The SMILES string of the molecule is C.Cc1cccn2c(=O)c(CO)c(Nc3cccc(OC(F)(F)F)c3)nc12. The summed E-state index contributed by atoms with van der Waals surface area (Å²) in [6.45, 7) is 1.19. The summed E-state index contributed by atoms with van der Waals surface area (Å²) < 4.78 is 42.3. The van der Waals surface area contributed by atoms with E-state index in [2.05, 4.69) is 15.0 Å². The highest BCUT2D eigenvalue weighted by atomic mass is 19.4. The van der Waals surface area contributed by atoms with Gasteiger partial charge < -0.3 is 15.2 Å². The van der Waals surface area contributed by atoms with Crippen molar-refractivity contribution >= 4 is 17.2 Å². The maximum Gasteiger partial charge on any atom is 0.573 e. The summed E-state index contributed by atoms with van der Waals surface area (Å²) in [5.41, 5.74) is 0.860.